The number of hydrogen-bond donors (Lipinski definition) is 1. The minimum absolute atomic E-state index is 0.275. The number of benzene rings is 1. The van der Waals surface area contributed by atoms with E-state index in [0.717, 1.165) is 37.6 Å². The number of nitrogens with zero attached hydrogens (tertiary/aromatic N) is 4. The van der Waals surface area contributed by atoms with Crippen molar-refractivity contribution >= 4 is 23.5 Å². The summed E-state index contributed by atoms with van der Waals surface area (Å²) in [5.41, 5.74) is 6.95. The molecule has 4 rings (SSSR count). The summed E-state index contributed by atoms with van der Waals surface area (Å²) in [6, 6.07) is 8.38. The zero-order chi connectivity index (χ0) is 21.3. The summed E-state index contributed by atoms with van der Waals surface area (Å²) in [7, 11) is 0. The lowest BCUT2D eigenvalue weighted by atomic mass is 9.85. The third-order valence-corrected chi connectivity index (χ3v) is 6.75. The van der Waals surface area contributed by atoms with Crippen LogP contribution >= 0.6 is 0 Å². The van der Waals surface area contributed by atoms with Crippen LogP contribution in [0.25, 0.3) is 0 Å². The maximum absolute atomic E-state index is 13.1. The largest absolute Gasteiger partial charge is 0.372 e. The van der Waals surface area contributed by atoms with Crippen LogP contribution in [0.3, 0.4) is 0 Å². The van der Waals surface area contributed by atoms with Crippen LogP contribution in [0, 0.1) is 0 Å². The number of likely N-dealkylation sites (tertiary alicyclic amines) is 1. The van der Waals surface area contributed by atoms with E-state index in [1.165, 1.54) is 24.1 Å². The number of anilines is 1. The van der Waals surface area contributed by atoms with Gasteiger partial charge in [-0.2, -0.15) is 0 Å². The Morgan fingerprint density at radius 2 is 1.67 bits per heavy atom. The van der Waals surface area contributed by atoms with Crippen molar-refractivity contribution in [1.29, 1.82) is 0 Å². The number of piperidine rings is 1. The summed E-state index contributed by atoms with van der Waals surface area (Å²) >= 11 is 0. The molecule has 1 spiro atoms. The molecule has 3 aliphatic rings. The molecule has 3 heterocycles. The molecular weight excluding hydrogens is 382 g/mol. The van der Waals surface area contributed by atoms with Gasteiger partial charge in [-0.3, -0.25) is 19.4 Å². The lowest BCUT2D eigenvalue weighted by Crippen LogP contribution is -2.56. The molecule has 0 atom stereocenters. The smallest absolute Gasteiger partial charge is 0.328 e. The number of primary amides is 1. The zero-order valence-corrected chi connectivity index (χ0v) is 17.7. The minimum Gasteiger partial charge on any atom is -0.372 e. The second-order valence-corrected chi connectivity index (χ2v) is 8.55. The van der Waals surface area contributed by atoms with Crippen LogP contribution in [0.5, 0.6) is 0 Å². The molecule has 4 amide bonds. The highest BCUT2D eigenvalue weighted by Gasteiger charge is 2.57. The average Bonchev–Trinajstić information content (AvgIpc) is 3.33. The van der Waals surface area contributed by atoms with E-state index in [2.05, 4.69) is 34.1 Å². The summed E-state index contributed by atoms with van der Waals surface area (Å²) in [4.78, 5) is 44.5. The van der Waals surface area contributed by atoms with Gasteiger partial charge in [0.1, 0.15) is 12.1 Å². The number of hydrogen-bond acceptors (Lipinski definition) is 5. The van der Waals surface area contributed by atoms with Crippen molar-refractivity contribution in [3.05, 3.63) is 29.8 Å². The van der Waals surface area contributed by atoms with E-state index in [-0.39, 0.29) is 12.5 Å². The van der Waals surface area contributed by atoms with Gasteiger partial charge >= 0.3 is 6.03 Å². The Balaban J connectivity index is 1.39. The lowest BCUT2D eigenvalue weighted by Gasteiger charge is -2.42. The zero-order valence-electron chi connectivity index (χ0n) is 17.7. The highest BCUT2D eigenvalue weighted by Crippen LogP contribution is 2.37. The number of amides is 4. The number of imide groups is 1. The SMILES string of the molecule is CCN1C(=O)N(CC(N)=O)C(=O)C12CCN(Cc1ccc(N3CCCC3)cc1)CC2. The Morgan fingerprint density at radius 3 is 2.23 bits per heavy atom. The van der Waals surface area contributed by atoms with Gasteiger partial charge in [-0.05, 0) is 50.3 Å². The maximum Gasteiger partial charge on any atom is 0.328 e. The molecule has 0 aromatic heterocycles. The first-order valence-corrected chi connectivity index (χ1v) is 10.9. The fourth-order valence-corrected chi connectivity index (χ4v) is 5.13. The van der Waals surface area contributed by atoms with Crippen molar-refractivity contribution in [2.24, 2.45) is 5.73 Å². The van der Waals surface area contributed by atoms with Gasteiger partial charge in [0.25, 0.3) is 5.91 Å². The fourth-order valence-electron chi connectivity index (χ4n) is 5.13. The van der Waals surface area contributed by atoms with Crippen LogP contribution in [-0.4, -0.2) is 77.4 Å². The van der Waals surface area contributed by atoms with Gasteiger partial charge in [0, 0.05) is 45.0 Å². The first-order valence-electron chi connectivity index (χ1n) is 10.9. The van der Waals surface area contributed by atoms with E-state index in [4.69, 9.17) is 5.73 Å². The second-order valence-electron chi connectivity index (χ2n) is 8.55. The molecule has 0 radical (unpaired) electrons. The molecule has 0 bridgehead atoms. The number of nitrogens with two attached hydrogens (primary N) is 1. The molecule has 2 N–H and O–H groups in total. The number of rotatable bonds is 6. The Kier molecular flexibility index (Phi) is 5.69. The Labute approximate surface area is 177 Å². The molecule has 8 nitrogen and oxygen atoms in total. The first kappa shape index (κ1) is 20.7. The quantitative estimate of drug-likeness (QED) is 0.712. The summed E-state index contributed by atoms with van der Waals surface area (Å²) < 4.78 is 0. The van der Waals surface area contributed by atoms with E-state index in [1.807, 2.05) is 6.92 Å². The normalized spacial score (nSPS) is 21.8. The molecule has 162 valence electrons. The number of carbonyl (C=O) groups excluding carboxylic acids is 3. The maximum atomic E-state index is 13.1. The van der Waals surface area contributed by atoms with Gasteiger partial charge in [-0.25, -0.2) is 4.79 Å². The molecule has 0 aliphatic carbocycles. The van der Waals surface area contributed by atoms with E-state index in [9.17, 15) is 14.4 Å². The van der Waals surface area contributed by atoms with Crippen molar-refractivity contribution in [2.75, 3.05) is 44.2 Å². The van der Waals surface area contributed by atoms with Crippen LogP contribution in [0.15, 0.2) is 24.3 Å². The summed E-state index contributed by atoms with van der Waals surface area (Å²) in [6.07, 6.45) is 3.69. The third kappa shape index (κ3) is 3.64. The first-order chi connectivity index (χ1) is 14.4. The van der Waals surface area contributed by atoms with Crippen molar-refractivity contribution in [3.63, 3.8) is 0 Å². The standard InChI is InChI=1S/C22H31N5O3/c1-2-27-21(30)26(16-19(23)28)20(29)22(27)9-13-24(14-10-22)15-17-5-7-18(8-6-17)25-11-3-4-12-25/h5-8H,2-4,9-16H2,1H3,(H2,23,28). The van der Waals surface area contributed by atoms with Crippen LogP contribution in [-0.2, 0) is 16.1 Å². The van der Waals surface area contributed by atoms with E-state index in [1.54, 1.807) is 4.90 Å². The molecule has 0 saturated carbocycles. The van der Waals surface area contributed by atoms with E-state index in [0.29, 0.717) is 19.4 Å². The summed E-state index contributed by atoms with van der Waals surface area (Å²) in [6.45, 7) is 6.54. The number of urea groups is 1. The fraction of sp³-hybridized carbons (Fsp3) is 0.591. The predicted octanol–water partition coefficient (Wildman–Crippen LogP) is 1.39. The van der Waals surface area contributed by atoms with Gasteiger partial charge < -0.3 is 15.5 Å². The molecule has 8 heteroatoms. The second kappa shape index (κ2) is 8.26. The van der Waals surface area contributed by atoms with Crippen molar-refractivity contribution < 1.29 is 14.4 Å². The van der Waals surface area contributed by atoms with Crippen molar-refractivity contribution in [3.8, 4) is 0 Å². The molecule has 0 unspecified atom stereocenters. The molecule has 1 aromatic rings. The van der Waals surface area contributed by atoms with Crippen molar-refractivity contribution in [2.45, 2.75) is 44.7 Å². The predicted molar refractivity (Wildman–Crippen MR) is 114 cm³/mol. The topological polar surface area (TPSA) is 90.2 Å². The molecule has 3 fully saturated rings. The monoisotopic (exact) mass is 413 g/mol. The van der Waals surface area contributed by atoms with Gasteiger partial charge in [-0.1, -0.05) is 12.1 Å². The Hall–Kier alpha value is -2.61. The number of likely N-dealkylation sites (N-methyl/N-ethyl adjacent to an activating group) is 1. The van der Waals surface area contributed by atoms with Crippen LogP contribution in [0.1, 0.15) is 38.2 Å². The average molecular weight is 414 g/mol. The van der Waals surface area contributed by atoms with Crippen LogP contribution < -0.4 is 10.6 Å². The van der Waals surface area contributed by atoms with Gasteiger partial charge in [-0.15, -0.1) is 0 Å². The minimum atomic E-state index is -0.836. The van der Waals surface area contributed by atoms with Crippen LogP contribution in [0.2, 0.25) is 0 Å². The van der Waals surface area contributed by atoms with Crippen LogP contribution in [0.4, 0.5) is 10.5 Å². The number of carbonyl (C=O) groups is 3. The van der Waals surface area contributed by atoms with E-state index < -0.39 is 17.5 Å². The van der Waals surface area contributed by atoms with Gasteiger partial charge in [0.05, 0.1) is 0 Å². The summed E-state index contributed by atoms with van der Waals surface area (Å²) in [5, 5.41) is 0. The molecule has 1 aromatic carbocycles. The van der Waals surface area contributed by atoms with Gasteiger partial charge in [0.2, 0.25) is 5.91 Å². The van der Waals surface area contributed by atoms with Crippen molar-refractivity contribution in [1.82, 2.24) is 14.7 Å². The molecular formula is C22H31N5O3. The molecule has 3 saturated heterocycles. The van der Waals surface area contributed by atoms with Gasteiger partial charge in [0.15, 0.2) is 0 Å². The lowest BCUT2D eigenvalue weighted by molar-refractivity contribution is -0.137. The molecule has 3 aliphatic heterocycles. The highest BCUT2D eigenvalue weighted by atomic mass is 16.2. The highest BCUT2D eigenvalue weighted by molar-refractivity contribution is 6.09. The molecule has 30 heavy (non-hydrogen) atoms. The van der Waals surface area contributed by atoms with E-state index >= 15 is 0 Å². The third-order valence-electron chi connectivity index (χ3n) is 6.75. The Bertz CT molecular complexity index is 811. The Morgan fingerprint density at radius 1 is 1.03 bits per heavy atom. The summed E-state index contributed by atoms with van der Waals surface area (Å²) in [5.74, 6) is -0.942.